The molecule has 0 unspecified atom stereocenters. The first kappa shape index (κ1) is 25.5. The smallest absolute Gasteiger partial charge is 0.263 e. The van der Waals surface area contributed by atoms with Gasteiger partial charge in [-0.2, -0.15) is 9.40 Å². The van der Waals surface area contributed by atoms with E-state index in [-0.39, 0.29) is 10.6 Å². The average molecular weight is 498 g/mol. The summed E-state index contributed by atoms with van der Waals surface area (Å²) in [5.74, 6) is -0.440. The fourth-order valence-corrected chi connectivity index (χ4v) is 5.40. The highest BCUT2D eigenvalue weighted by Gasteiger charge is 2.34. The number of sulfonamides is 1. The maximum atomic E-state index is 13.5. The maximum Gasteiger partial charge on any atom is 0.263 e. The lowest BCUT2D eigenvalue weighted by Crippen LogP contribution is -2.49. The van der Waals surface area contributed by atoms with E-state index in [1.165, 1.54) is 15.2 Å². The van der Waals surface area contributed by atoms with Gasteiger partial charge in [-0.1, -0.05) is 24.6 Å². The molecular weight excluding hydrogens is 466 g/mol. The van der Waals surface area contributed by atoms with Gasteiger partial charge in [-0.3, -0.25) is 9.48 Å². The molecule has 9 nitrogen and oxygen atoms in total. The Labute approximate surface area is 200 Å². The maximum absolute atomic E-state index is 13.5. The minimum absolute atomic E-state index is 0.0807. The van der Waals surface area contributed by atoms with E-state index >= 15 is 0 Å². The van der Waals surface area contributed by atoms with E-state index in [0.717, 1.165) is 12.1 Å². The fraction of sp³-hybridized carbons (Fsp3) is 0.545. The van der Waals surface area contributed by atoms with Crippen LogP contribution in [0.3, 0.4) is 0 Å². The van der Waals surface area contributed by atoms with Crippen molar-refractivity contribution in [2.24, 2.45) is 0 Å². The molecule has 1 aliphatic heterocycles. The standard InChI is InChI=1S/C22H32ClN5O4S/c1-3-10-27-17-20(21(29)24-9-6-15-32-4-2)22(25-27)33(30,31)28-13-11-26(12-14-28)19-8-5-7-18(23)16-19/h5,7-8,16-17H,3-4,6,9-15H2,1-2H3,(H,24,29). The van der Waals surface area contributed by atoms with E-state index in [4.69, 9.17) is 16.3 Å². The molecule has 0 aliphatic carbocycles. The van der Waals surface area contributed by atoms with Crippen LogP contribution < -0.4 is 10.2 Å². The van der Waals surface area contributed by atoms with Crippen molar-refractivity contribution in [2.45, 2.75) is 38.3 Å². The zero-order valence-corrected chi connectivity index (χ0v) is 20.7. The number of halogens is 1. The number of ether oxygens (including phenoxy) is 1. The molecule has 1 N–H and O–H groups in total. The molecule has 1 fully saturated rings. The molecule has 0 spiro atoms. The molecular formula is C22H32ClN5O4S. The summed E-state index contributed by atoms with van der Waals surface area (Å²) in [6.07, 6.45) is 2.95. The molecule has 0 radical (unpaired) electrons. The van der Waals surface area contributed by atoms with E-state index in [9.17, 15) is 13.2 Å². The van der Waals surface area contributed by atoms with Gasteiger partial charge < -0.3 is 15.0 Å². The lowest BCUT2D eigenvalue weighted by atomic mass is 10.2. The van der Waals surface area contributed by atoms with Crippen molar-refractivity contribution in [1.82, 2.24) is 19.4 Å². The van der Waals surface area contributed by atoms with E-state index in [2.05, 4.69) is 15.3 Å². The Balaban J connectivity index is 1.73. The summed E-state index contributed by atoms with van der Waals surface area (Å²) in [4.78, 5) is 14.9. The number of rotatable bonds is 11. The molecule has 11 heteroatoms. The Hall–Kier alpha value is -2.14. The highest BCUT2D eigenvalue weighted by atomic mass is 35.5. The second kappa shape index (κ2) is 11.8. The number of carbonyl (C=O) groups excluding carboxylic acids is 1. The summed E-state index contributed by atoms with van der Waals surface area (Å²) in [6.45, 7) is 7.60. The first-order chi connectivity index (χ1) is 15.9. The molecule has 1 aromatic heterocycles. The summed E-state index contributed by atoms with van der Waals surface area (Å²) in [7, 11) is -3.93. The Morgan fingerprint density at radius 3 is 2.64 bits per heavy atom. The summed E-state index contributed by atoms with van der Waals surface area (Å²) < 4.78 is 35.1. The van der Waals surface area contributed by atoms with Gasteiger partial charge in [0.15, 0.2) is 0 Å². The number of piperazine rings is 1. The van der Waals surface area contributed by atoms with Gasteiger partial charge in [0.2, 0.25) is 5.03 Å². The minimum atomic E-state index is -3.93. The Morgan fingerprint density at radius 1 is 1.21 bits per heavy atom. The zero-order valence-electron chi connectivity index (χ0n) is 19.2. The van der Waals surface area contributed by atoms with Crippen molar-refractivity contribution in [3.63, 3.8) is 0 Å². The lowest BCUT2D eigenvalue weighted by molar-refractivity contribution is 0.0940. The van der Waals surface area contributed by atoms with Crippen molar-refractivity contribution in [3.8, 4) is 0 Å². The number of hydrogen-bond acceptors (Lipinski definition) is 6. The fourth-order valence-electron chi connectivity index (χ4n) is 3.69. The van der Waals surface area contributed by atoms with Crippen LogP contribution in [0.5, 0.6) is 0 Å². The van der Waals surface area contributed by atoms with E-state index in [0.29, 0.717) is 63.9 Å². The highest BCUT2D eigenvalue weighted by Crippen LogP contribution is 2.24. The molecule has 1 amide bonds. The minimum Gasteiger partial charge on any atom is -0.382 e. The van der Waals surface area contributed by atoms with Gasteiger partial charge in [-0.05, 0) is 38.0 Å². The van der Waals surface area contributed by atoms with Gasteiger partial charge >= 0.3 is 0 Å². The summed E-state index contributed by atoms with van der Waals surface area (Å²) >= 11 is 6.09. The first-order valence-corrected chi connectivity index (χ1v) is 13.1. The SMILES string of the molecule is CCCn1cc(C(=O)NCCCOCC)c(S(=O)(=O)N2CCN(c3cccc(Cl)c3)CC2)n1. The number of carbonyl (C=O) groups is 1. The van der Waals surface area contributed by atoms with Crippen LogP contribution in [0.1, 0.15) is 37.0 Å². The molecule has 3 rings (SSSR count). The largest absolute Gasteiger partial charge is 0.382 e. The van der Waals surface area contributed by atoms with Crippen molar-refractivity contribution >= 4 is 33.2 Å². The van der Waals surface area contributed by atoms with E-state index in [1.807, 2.05) is 38.1 Å². The van der Waals surface area contributed by atoms with Crippen LogP contribution in [0, 0.1) is 0 Å². The molecule has 1 aliphatic rings. The molecule has 182 valence electrons. The molecule has 0 bridgehead atoms. The Kier molecular flexibility index (Phi) is 9.13. The number of anilines is 1. The molecule has 0 atom stereocenters. The van der Waals surface area contributed by atoms with Crippen LogP contribution in [-0.2, 0) is 21.3 Å². The number of nitrogens with one attached hydrogen (secondary N) is 1. The molecule has 0 saturated carbocycles. The number of nitrogens with zero attached hydrogens (tertiary/aromatic N) is 4. The van der Waals surface area contributed by atoms with Crippen molar-refractivity contribution in [3.05, 3.63) is 41.0 Å². The van der Waals surface area contributed by atoms with Gasteiger partial charge in [0, 0.05) is 69.4 Å². The number of amides is 1. The van der Waals surface area contributed by atoms with Crippen LogP contribution in [-0.4, -0.2) is 74.3 Å². The second-order valence-electron chi connectivity index (χ2n) is 7.79. The summed E-state index contributed by atoms with van der Waals surface area (Å²) in [6, 6.07) is 7.50. The van der Waals surface area contributed by atoms with E-state index < -0.39 is 15.9 Å². The third kappa shape index (κ3) is 6.47. The van der Waals surface area contributed by atoms with Gasteiger partial charge in [0.05, 0.1) is 5.56 Å². The Bertz CT molecular complexity index is 1040. The lowest BCUT2D eigenvalue weighted by Gasteiger charge is -2.35. The normalized spacial score (nSPS) is 15.1. The van der Waals surface area contributed by atoms with Gasteiger partial charge in [-0.25, -0.2) is 8.42 Å². The first-order valence-electron chi connectivity index (χ1n) is 11.3. The van der Waals surface area contributed by atoms with E-state index in [1.54, 1.807) is 0 Å². The van der Waals surface area contributed by atoms with Crippen molar-refractivity contribution < 1.29 is 17.9 Å². The topological polar surface area (TPSA) is 96.8 Å². The third-order valence-corrected chi connectivity index (χ3v) is 7.45. The number of hydrogen-bond donors (Lipinski definition) is 1. The summed E-state index contributed by atoms with van der Waals surface area (Å²) in [5.41, 5.74) is 1.04. The predicted molar refractivity (Wildman–Crippen MR) is 128 cm³/mol. The van der Waals surface area contributed by atoms with Crippen LogP contribution in [0.25, 0.3) is 0 Å². The zero-order chi connectivity index (χ0) is 23.8. The number of benzene rings is 1. The molecule has 2 aromatic rings. The summed E-state index contributed by atoms with van der Waals surface area (Å²) in [5, 5.41) is 7.53. The van der Waals surface area contributed by atoms with Crippen LogP contribution in [0.15, 0.2) is 35.5 Å². The van der Waals surface area contributed by atoms with Crippen LogP contribution in [0.2, 0.25) is 5.02 Å². The number of aryl methyl sites for hydroxylation is 1. The number of aromatic nitrogens is 2. The van der Waals surface area contributed by atoms with Crippen molar-refractivity contribution in [1.29, 1.82) is 0 Å². The van der Waals surface area contributed by atoms with Crippen LogP contribution in [0.4, 0.5) is 5.69 Å². The molecule has 1 saturated heterocycles. The predicted octanol–water partition coefficient (Wildman–Crippen LogP) is 2.61. The monoisotopic (exact) mass is 497 g/mol. The van der Waals surface area contributed by atoms with Crippen LogP contribution >= 0.6 is 11.6 Å². The van der Waals surface area contributed by atoms with Gasteiger partial charge in [0.25, 0.3) is 15.9 Å². The quantitative estimate of drug-likeness (QED) is 0.479. The average Bonchev–Trinajstić information content (AvgIpc) is 3.24. The van der Waals surface area contributed by atoms with Crippen molar-refractivity contribution in [2.75, 3.05) is 50.8 Å². The highest BCUT2D eigenvalue weighted by molar-refractivity contribution is 7.89. The Morgan fingerprint density at radius 2 is 1.97 bits per heavy atom. The molecule has 1 aromatic carbocycles. The molecule has 2 heterocycles. The second-order valence-corrected chi connectivity index (χ2v) is 10.1. The third-order valence-electron chi connectivity index (χ3n) is 5.38. The van der Waals surface area contributed by atoms with Gasteiger partial charge in [-0.15, -0.1) is 0 Å². The molecule has 33 heavy (non-hydrogen) atoms. The van der Waals surface area contributed by atoms with Gasteiger partial charge in [0.1, 0.15) is 0 Å².